The molecule has 0 heterocycles. The van der Waals surface area contributed by atoms with Crippen LogP contribution in [0.5, 0.6) is 11.5 Å². The Morgan fingerprint density at radius 3 is 2.79 bits per heavy atom. The van der Waals surface area contributed by atoms with Crippen molar-refractivity contribution in [2.75, 3.05) is 13.2 Å². The van der Waals surface area contributed by atoms with Crippen molar-refractivity contribution < 1.29 is 14.6 Å². The first-order valence-corrected chi connectivity index (χ1v) is 4.38. The number of rotatable bonds is 4. The molecule has 0 bridgehead atoms. The lowest BCUT2D eigenvalue weighted by molar-refractivity contribution is 0.0999. The Bertz CT molecular complexity index is 336. The number of ether oxygens (including phenoxy) is 1. The first-order chi connectivity index (χ1) is 6.69. The first kappa shape index (κ1) is 10.5. The second kappa shape index (κ2) is 4.62. The van der Waals surface area contributed by atoms with Gasteiger partial charge in [0.1, 0.15) is 11.5 Å². The molecular formula is C10H13NO3. The molecule has 0 saturated carbocycles. The van der Waals surface area contributed by atoms with Gasteiger partial charge in [0.15, 0.2) is 5.78 Å². The van der Waals surface area contributed by atoms with Gasteiger partial charge in [-0.2, -0.15) is 0 Å². The zero-order valence-corrected chi connectivity index (χ0v) is 7.99. The van der Waals surface area contributed by atoms with Gasteiger partial charge in [-0.3, -0.25) is 4.79 Å². The molecule has 0 fully saturated rings. The number of Topliss-reactive ketones (excluding diaryl/α,β-unsaturated/α-hetero) is 1. The van der Waals surface area contributed by atoms with Crippen LogP contribution in [-0.2, 0) is 0 Å². The van der Waals surface area contributed by atoms with Crippen LogP contribution < -0.4 is 10.5 Å². The summed E-state index contributed by atoms with van der Waals surface area (Å²) in [7, 11) is 0. The molecular weight excluding hydrogens is 182 g/mol. The van der Waals surface area contributed by atoms with Gasteiger partial charge in [-0.25, -0.2) is 0 Å². The molecule has 0 aliphatic rings. The van der Waals surface area contributed by atoms with Gasteiger partial charge in [-0.1, -0.05) is 0 Å². The number of hydrogen-bond donors (Lipinski definition) is 2. The number of nitrogens with two attached hydrogens (primary N) is 1. The van der Waals surface area contributed by atoms with Crippen molar-refractivity contribution in [3.63, 3.8) is 0 Å². The zero-order chi connectivity index (χ0) is 10.6. The van der Waals surface area contributed by atoms with Crippen LogP contribution in [0.25, 0.3) is 0 Å². The van der Waals surface area contributed by atoms with Crippen molar-refractivity contribution in [2.45, 2.75) is 6.92 Å². The molecule has 0 aromatic heterocycles. The predicted octanol–water partition coefficient (Wildman–Crippen LogP) is 0.932. The van der Waals surface area contributed by atoms with Gasteiger partial charge < -0.3 is 15.6 Å². The second-order valence-electron chi connectivity index (χ2n) is 2.74. The summed E-state index contributed by atoms with van der Waals surface area (Å²) >= 11 is 0. The SMILES string of the molecule is CCOc1ccc(C(=O)CN)c(O)c1. The molecule has 3 N–H and O–H groups in total. The van der Waals surface area contributed by atoms with E-state index in [0.717, 1.165) is 0 Å². The molecule has 76 valence electrons. The normalized spacial score (nSPS) is 9.86. The molecule has 4 nitrogen and oxygen atoms in total. The molecule has 0 atom stereocenters. The Labute approximate surface area is 82.3 Å². The van der Waals surface area contributed by atoms with E-state index in [-0.39, 0.29) is 23.6 Å². The topological polar surface area (TPSA) is 72.5 Å². The summed E-state index contributed by atoms with van der Waals surface area (Å²) < 4.78 is 5.15. The molecule has 0 aliphatic heterocycles. The summed E-state index contributed by atoms with van der Waals surface area (Å²) in [6, 6.07) is 4.55. The van der Waals surface area contributed by atoms with Crippen LogP contribution in [0.1, 0.15) is 17.3 Å². The number of phenols is 1. The van der Waals surface area contributed by atoms with E-state index < -0.39 is 0 Å². The maximum Gasteiger partial charge on any atom is 0.180 e. The minimum absolute atomic E-state index is 0.0913. The maximum atomic E-state index is 11.2. The van der Waals surface area contributed by atoms with E-state index in [1.807, 2.05) is 6.92 Å². The van der Waals surface area contributed by atoms with Crippen molar-refractivity contribution in [3.05, 3.63) is 23.8 Å². The van der Waals surface area contributed by atoms with Crippen LogP contribution in [-0.4, -0.2) is 24.0 Å². The van der Waals surface area contributed by atoms with E-state index in [2.05, 4.69) is 0 Å². The standard InChI is InChI=1S/C10H13NO3/c1-2-14-7-3-4-8(9(12)5-7)10(13)6-11/h3-5,12H,2,6,11H2,1H3. The Balaban J connectivity index is 2.95. The van der Waals surface area contributed by atoms with Crippen molar-refractivity contribution in [2.24, 2.45) is 5.73 Å². The maximum absolute atomic E-state index is 11.2. The lowest BCUT2D eigenvalue weighted by Gasteiger charge is -2.06. The summed E-state index contributed by atoms with van der Waals surface area (Å²) in [5.41, 5.74) is 5.41. The first-order valence-electron chi connectivity index (χ1n) is 4.38. The largest absolute Gasteiger partial charge is 0.507 e. The number of benzene rings is 1. The van der Waals surface area contributed by atoms with E-state index in [9.17, 15) is 9.90 Å². The van der Waals surface area contributed by atoms with Crippen molar-refractivity contribution in [1.29, 1.82) is 0 Å². The lowest BCUT2D eigenvalue weighted by Crippen LogP contribution is -2.13. The molecule has 1 aromatic rings. The molecule has 0 spiro atoms. The molecule has 0 unspecified atom stereocenters. The van der Waals surface area contributed by atoms with Crippen LogP contribution in [0.4, 0.5) is 0 Å². The van der Waals surface area contributed by atoms with E-state index in [4.69, 9.17) is 10.5 Å². The Morgan fingerprint density at radius 2 is 2.29 bits per heavy atom. The van der Waals surface area contributed by atoms with E-state index in [1.54, 1.807) is 6.07 Å². The molecule has 4 heteroatoms. The number of phenolic OH excluding ortho intramolecular Hbond substituents is 1. The fraction of sp³-hybridized carbons (Fsp3) is 0.300. The second-order valence-corrected chi connectivity index (χ2v) is 2.74. The van der Waals surface area contributed by atoms with Gasteiger partial charge >= 0.3 is 0 Å². The Morgan fingerprint density at radius 1 is 1.57 bits per heavy atom. The van der Waals surface area contributed by atoms with Gasteiger partial charge in [-0.05, 0) is 19.1 Å². The Kier molecular flexibility index (Phi) is 3.48. The third kappa shape index (κ3) is 2.23. The quantitative estimate of drug-likeness (QED) is 0.701. The molecule has 14 heavy (non-hydrogen) atoms. The van der Waals surface area contributed by atoms with E-state index >= 15 is 0 Å². The van der Waals surface area contributed by atoms with Gasteiger partial charge in [0.05, 0.1) is 18.7 Å². The third-order valence-corrected chi connectivity index (χ3v) is 1.77. The van der Waals surface area contributed by atoms with Crippen molar-refractivity contribution in [1.82, 2.24) is 0 Å². The van der Waals surface area contributed by atoms with Gasteiger partial charge in [0.2, 0.25) is 0 Å². The number of carbonyl (C=O) groups excluding carboxylic acids is 1. The highest BCUT2D eigenvalue weighted by atomic mass is 16.5. The molecule has 1 rings (SSSR count). The van der Waals surface area contributed by atoms with Gasteiger partial charge in [0.25, 0.3) is 0 Å². The number of aromatic hydroxyl groups is 1. The number of carbonyl (C=O) groups is 1. The predicted molar refractivity (Wildman–Crippen MR) is 52.7 cm³/mol. The fourth-order valence-corrected chi connectivity index (χ4v) is 1.11. The van der Waals surface area contributed by atoms with Crippen molar-refractivity contribution in [3.8, 4) is 11.5 Å². The molecule has 0 radical (unpaired) electrons. The van der Waals surface area contributed by atoms with Gasteiger partial charge in [0, 0.05) is 6.07 Å². The highest BCUT2D eigenvalue weighted by Crippen LogP contribution is 2.23. The zero-order valence-electron chi connectivity index (χ0n) is 7.99. The smallest absolute Gasteiger partial charge is 0.180 e. The highest BCUT2D eigenvalue weighted by Gasteiger charge is 2.09. The van der Waals surface area contributed by atoms with Crippen LogP contribution in [0, 0.1) is 0 Å². The summed E-state index contributed by atoms with van der Waals surface area (Å²) in [5, 5.41) is 9.46. The van der Waals surface area contributed by atoms with Gasteiger partial charge in [-0.15, -0.1) is 0 Å². The average Bonchev–Trinajstić information content (AvgIpc) is 2.17. The summed E-state index contributed by atoms with van der Waals surface area (Å²) in [6.07, 6.45) is 0. The molecule has 1 aromatic carbocycles. The van der Waals surface area contributed by atoms with E-state index in [1.165, 1.54) is 12.1 Å². The van der Waals surface area contributed by atoms with Crippen molar-refractivity contribution >= 4 is 5.78 Å². The number of hydrogen-bond acceptors (Lipinski definition) is 4. The lowest BCUT2D eigenvalue weighted by atomic mass is 10.1. The van der Waals surface area contributed by atoms with E-state index in [0.29, 0.717) is 12.4 Å². The monoisotopic (exact) mass is 195 g/mol. The molecule has 0 aliphatic carbocycles. The number of ketones is 1. The third-order valence-electron chi connectivity index (χ3n) is 1.77. The summed E-state index contributed by atoms with van der Waals surface area (Å²) in [5.74, 6) is 0.163. The molecule has 0 saturated heterocycles. The summed E-state index contributed by atoms with van der Waals surface area (Å²) in [4.78, 5) is 11.2. The fourth-order valence-electron chi connectivity index (χ4n) is 1.11. The minimum atomic E-state index is -0.287. The average molecular weight is 195 g/mol. The van der Waals surface area contributed by atoms with Crippen LogP contribution in [0.3, 0.4) is 0 Å². The summed E-state index contributed by atoms with van der Waals surface area (Å²) in [6.45, 7) is 2.25. The Hall–Kier alpha value is -1.55. The highest BCUT2D eigenvalue weighted by molar-refractivity contribution is 6.00. The van der Waals surface area contributed by atoms with Crippen LogP contribution in [0.15, 0.2) is 18.2 Å². The van der Waals surface area contributed by atoms with Crippen LogP contribution >= 0.6 is 0 Å². The van der Waals surface area contributed by atoms with Crippen LogP contribution in [0.2, 0.25) is 0 Å². The molecule has 0 amide bonds. The minimum Gasteiger partial charge on any atom is -0.507 e.